The van der Waals surface area contributed by atoms with Crippen LogP contribution in [-0.2, 0) is 48.4 Å². The summed E-state index contributed by atoms with van der Waals surface area (Å²) in [6.45, 7) is 4.99. The molecular weight excluding hydrogens is 306 g/mol. The van der Waals surface area contributed by atoms with Gasteiger partial charge in [-0.1, -0.05) is 5.21 Å². The van der Waals surface area contributed by atoms with Gasteiger partial charge in [-0.05, 0) is 13.3 Å². The predicted octanol–water partition coefficient (Wildman–Crippen LogP) is 0.748. The van der Waals surface area contributed by atoms with E-state index in [1.165, 1.54) is 18.5 Å². The second-order valence-electron chi connectivity index (χ2n) is 4.68. The Balaban J connectivity index is 2.69. The molecule has 23 heavy (non-hydrogen) atoms. The van der Waals surface area contributed by atoms with Gasteiger partial charge in [0.25, 0.3) is 0 Å². The van der Waals surface area contributed by atoms with Crippen molar-refractivity contribution in [3.63, 3.8) is 0 Å². The molecule has 1 rings (SSSR count). The van der Waals surface area contributed by atoms with Crippen LogP contribution in [0.1, 0.15) is 45.0 Å². The van der Waals surface area contributed by atoms with Crippen molar-refractivity contribution in [2.45, 2.75) is 53.4 Å². The minimum absolute atomic E-state index is 0.0294. The van der Waals surface area contributed by atoms with Crippen LogP contribution in [0.3, 0.4) is 0 Å². The number of carbonyl (C=O) groups is 3. The summed E-state index contributed by atoms with van der Waals surface area (Å²) in [7, 11) is 0. The highest BCUT2D eigenvalue weighted by Crippen LogP contribution is 2.11. The van der Waals surface area contributed by atoms with Crippen LogP contribution in [0.25, 0.3) is 0 Å². The van der Waals surface area contributed by atoms with Crippen LogP contribution in [0.2, 0.25) is 0 Å². The van der Waals surface area contributed by atoms with E-state index in [2.05, 4.69) is 10.3 Å². The van der Waals surface area contributed by atoms with Crippen LogP contribution in [0, 0.1) is 0 Å². The number of hydrogen-bond acceptors (Lipinski definition) is 8. The molecule has 0 amide bonds. The van der Waals surface area contributed by atoms with Crippen molar-refractivity contribution in [3.8, 4) is 0 Å². The molecule has 0 bridgehead atoms. The molecule has 0 aliphatic carbocycles. The third kappa shape index (κ3) is 6.90. The Morgan fingerprint density at radius 1 is 1.04 bits per heavy atom. The summed E-state index contributed by atoms with van der Waals surface area (Å²) in [5.74, 6) is -1.17. The van der Waals surface area contributed by atoms with E-state index in [4.69, 9.17) is 14.2 Å². The highest BCUT2D eigenvalue weighted by atomic mass is 16.5. The van der Waals surface area contributed by atoms with E-state index in [1.54, 1.807) is 6.92 Å². The maximum absolute atomic E-state index is 11.3. The first-order chi connectivity index (χ1) is 10.9. The van der Waals surface area contributed by atoms with Gasteiger partial charge in [0, 0.05) is 26.8 Å². The first kappa shape index (κ1) is 18.6. The zero-order chi connectivity index (χ0) is 17.2. The second-order valence-corrected chi connectivity index (χ2v) is 4.68. The minimum Gasteiger partial charge on any atom is -0.466 e. The van der Waals surface area contributed by atoms with Gasteiger partial charge in [0.05, 0.1) is 6.61 Å². The second kappa shape index (κ2) is 9.54. The van der Waals surface area contributed by atoms with Gasteiger partial charge in [-0.3, -0.25) is 14.4 Å². The molecule has 0 aliphatic rings. The average Bonchev–Trinajstić information content (AvgIpc) is 2.85. The summed E-state index contributed by atoms with van der Waals surface area (Å²) in [4.78, 5) is 33.2. The van der Waals surface area contributed by atoms with Crippen LogP contribution < -0.4 is 0 Å². The van der Waals surface area contributed by atoms with Crippen molar-refractivity contribution in [1.29, 1.82) is 0 Å². The SMILES string of the molecule is CCOC(=O)CCCn1nnc(COC(C)=O)c1COC(C)=O. The van der Waals surface area contributed by atoms with Crippen molar-refractivity contribution in [2.75, 3.05) is 6.61 Å². The highest BCUT2D eigenvalue weighted by Gasteiger charge is 2.16. The summed E-state index contributed by atoms with van der Waals surface area (Å²) >= 11 is 0. The Bertz CT molecular complexity index is 555. The lowest BCUT2D eigenvalue weighted by Gasteiger charge is -2.08. The van der Waals surface area contributed by atoms with Gasteiger partial charge in [-0.2, -0.15) is 0 Å². The topological polar surface area (TPSA) is 110 Å². The molecule has 0 unspecified atom stereocenters. The third-order valence-electron chi connectivity index (χ3n) is 2.80. The zero-order valence-electron chi connectivity index (χ0n) is 13.5. The molecule has 0 N–H and O–H groups in total. The molecule has 128 valence electrons. The molecule has 0 aliphatic heterocycles. The van der Waals surface area contributed by atoms with E-state index in [1.807, 2.05) is 0 Å². The third-order valence-corrected chi connectivity index (χ3v) is 2.80. The Hall–Kier alpha value is -2.45. The number of carbonyl (C=O) groups excluding carboxylic acids is 3. The number of rotatable bonds is 9. The summed E-state index contributed by atoms with van der Waals surface area (Å²) < 4.78 is 16.2. The summed E-state index contributed by atoms with van der Waals surface area (Å²) in [6.07, 6.45) is 0.752. The molecule has 0 saturated carbocycles. The molecule has 0 saturated heterocycles. The van der Waals surface area contributed by atoms with Gasteiger partial charge in [-0.15, -0.1) is 5.10 Å². The van der Waals surface area contributed by atoms with E-state index in [9.17, 15) is 14.4 Å². The van der Waals surface area contributed by atoms with Crippen LogP contribution in [0.5, 0.6) is 0 Å². The van der Waals surface area contributed by atoms with Gasteiger partial charge in [0.2, 0.25) is 0 Å². The Kier molecular flexibility index (Phi) is 7.72. The maximum Gasteiger partial charge on any atom is 0.305 e. The molecule has 1 aromatic rings. The van der Waals surface area contributed by atoms with Crippen LogP contribution in [0.15, 0.2) is 0 Å². The largest absolute Gasteiger partial charge is 0.466 e. The lowest BCUT2D eigenvalue weighted by Crippen LogP contribution is -2.12. The summed E-state index contributed by atoms with van der Waals surface area (Å²) in [5.41, 5.74) is 0.947. The zero-order valence-corrected chi connectivity index (χ0v) is 13.5. The summed E-state index contributed by atoms with van der Waals surface area (Å²) in [6, 6.07) is 0. The van der Waals surface area contributed by atoms with Crippen LogP contribution in [-0.4, -0.2) is 39.5 Å². The Morgan fingerprint density at radius 3 is 2.30 bits per heavy atom. The normalized spacial score (nSPS) is 10.2. The lowest BCUT2D eigenvalue weighted by atomic mass is 10.3. The van der Waals surface area contributed by atoms with E-state index >= 15 is 0 Å². The van der Waals surface area contributed by atoms with Crippen LogP contribution >= 0.6 is 0 Å². The molecule has 0 atom stereocenters. The maximum atomic E-state index is 11.3. The molecule has 1 heterocycles. The average molecular weight is 327 g/mol. The molecule has 1 aromatic heterocycles. The molecule has 9 nitrogen and oxygen atoms in total. The number of aromatic nitrogens is 3. The van der Waals surface area contributed by atoms with Crippen LogP contribution in [0.4, 0.5) is 0 Å². The van der Waals surface area contributed by atoms with Gasteiger partial charge in [0.15, 0.2) is 0 Å². The monoisotopic (exact) mass is 327 g/mol. The fraction of sp³-hybridized carbons (Fsp3) is 0.643. The molecule has 0 radical (unpaired) electrons. The van der Waals surface area contributed by atoms with Crippen molar-refractivity contribution in [2.24, 2.45) is 0 Å². The minimum atomic E-state index is -0.444. The van der Waals surface area contributed by atoms with E-state index in [-0.39, 0.29) is 25.6 Å². The van der Waals surface area contributed by atoms with E-state index in [0.717, 1.165) is 0 Å². The smallest absolute Gasteiger partial charge is 0.305 e. The molecule has 0 aromatic carbocycles. The molecule has 0 fully saturated rings. The standard InChI is InChI=1S/C14H21N3O6/c1-4-21-14(20)6-5-7-17-13(9-23-11(3)19)12(15-16-17)8-22-10(2)18/h4-9H2,1-3H3. The van der Waals surface area contributed by atoms with Crippen molar-refractivity contribution in [1.82, 2.24) is 15.0 Å². The fourth-order valence-electron chi connectivity index (χ4n) is 1.76. The number of ether oxygens (including phenoxy) is 3. The van der Waals surface area contributed by atoms with E-state index in [0.29, 0.717) is 31.0 Å². The van der Waals surface area contributed by atoms with Crippen molar-refractivity contribution >= 4 is 17.9 Å². The number of esters is 3. The highest BCUT2D eigenvalue weighted by molar-refractivity contribution is 5.69. The van der Waals surface area contributed by atoms with Crippen molar-refractivity contribution in [3.05, 3.63) is 11.4 Å². The molecule has 9 heteroatoms. The fourth-order valence-corrected chi connectivity index (χ4v) is 1.76. The first-order valence-corrected chi connectivity index (χ1v) is 7.27. The Labute approximate surface area is 133 Å². The first-order valence-electron chi connectivity index (χ1n) is 7.27. The summed E-state index contributed by atoms with van der Waals surface area (Å²) in [5, 5.41) is 7.88. The quantitative estimate of drug-likeness (QED) is 0.482. The molecular formula is C14H21N3O6. The Morgan fingerprint density at radius 2 is 1.70 bits per heavy atom. The molecule has 0 spiro atoms. The lowest BCUT2D eigenvalue weighted by molar-refractivity contribution is -0.144. The van der Waals surface area contributed by atoms with Gasteiger partial charge < -0.3 is 14.2 Å². The van der Waals surface area contributed by atoms with Gasteiger partial charge >= 0.3 is 17.9 Å². The predicted molar refractivity (Wildman–Crippen MR) is 76.8 cm³/mol. The number of aryl methyl sites for hydroxylation is 1. The van der Waals surface area contributed by atoms with Gasteiger partial charge in [0.1, 0.15) is 24.6 Å². The number of nitrogens with zero attached hydrogens (tertiary/aromatic N) is 3. The van der Waals surface area contributed by atoms with Crippen molar-refractivity contribution < 1.29 is 28.6 Å². The van der Waals surface area contributed by atoms with E-state index < -0.39 is 11.9 Å². The van der Waals surface area contributed by atoms with Gasteiger partial charge in [-0.25, -0.2) is 4.68 Å². The number of hydrogen-bond donors (Lipinski definition) is 0.